The Morgan fingerprint density at radius 1 is 1.55 bits per heavy atom. The molecule has 108 valence electrons. The lowest BCUT2D eigenvalue weighted by Gasteiger charge is -2.11. The highest BCUT2D eigenvalue weighted by Crippen LogP contribution is 2.20. The summed E-state index contributed by atoms with van der Waals surface area (Å²) in [5, 5.41) is 0.249. The lowest BCUT2D eigenvalue weighted by molar-refractivity contribution is -0.142. The standard InChI is InChI=1S/C12H16ClN5O2/c1-7(5-20-8(2)19)3-4-18-6-15-9-10(13)16-12(14)17-11(9)18/h6-7H,3-5H2,1-2H3,(H2,14,16,17). The van der Waals surface area contributed by atoms with E-state index in [0.717, 1.165) is 6.42 Å². The van der Waals surface area contributed by atoms with E-state index in [0.29, 0.717) is 24.3 Å². The van der Waals surface area contributed by atoms with Crippen molar-refractivity contribution in [1.82, 2.24) is 19.5 Å². The molecule has 0 saturated carbocycles. The molecule has 0 spiro atoms. The van der Waals surface area contributed by atoms with Gasteiger partial charge in [0, 0.05) is 13.5 Å². The molecule has 2 rings (SSSR count). The number of hydrogen-bond donors (Lipinski definition) is 1. The molecule has 0 aliphatic carbocycles. The molecule has 1 atom stereocenters. The molecule has 0 saturated heterocycles. The van der Waals surface area contributed by atoms with Crippen molar-refractivity contribution in [3.63, 3.8) is 0 Å². The largest absolute Gasteiger partial charge is 0.466 e. The van der Waals surface area contributed by atoms with Gasteiger partial charge in [-0.2, -0.15) is 9.97 Å². The monoisotopic (exact) mass is 297 g/mol. The van der Waals surface area contributed by atoms with Crippen molar-refractivity contribution < 1.29 is 9.53 Å². The third kappa shape index (κ3) is 3.36. The highest BCUT2D eigenvalue weighted by Gasteiger charge is 2.12. The minimum Gasteiger partial charge on any atom is -0.466 e. The van der Waals surface area contributed by atoms with Crippen LogP contribution >= 0.6 is 11.6 Å². The number of imidazole rings is 1. The van der Waals surface area contributed by atoms with E-state index in [9.17, 15) is 4.79 Å². The third-order valence-corrected chi connectivity index (χ3v) is 3.14. The Hall–Kier alpha value is -1.89. The number of carbonyl (C=O) groups is 1. The number of fused-ring (bicyclic) bond motifs is 1. The zero-order valence-electron chi connectivity index (χ0n) is 11.3. The van der Waals surface area contributed by atoms with E-state index in [-0.39, 0.29) is 23.0 Å². The molecule has 0 radical (unpaired) electrons. The molecule has 8 heteroatoms. The molecular weight excluding hydrogens is 282 g/mol. The predicted molar refractivity (Wildman–Crippen MR) is 75.2 cm³/mol. The van der Waals surface area contributed by atoms with E-state index in [1.165, 1.54) is 6.92 Å². The maximum atomic E-state index is 10.7. The number of carbonyl (C=O) groups excluding carboxylic acids is 1. The lowest BCUT2D eigenvalue weighted by atomic mass is 10.1. The smallest absolute Gasteiger partial charge is 0.302 e. The van der Waals surface area contributed by atoms with Gasteiger partial charge in [0.05, 0.1) is 12.9 Å². The van der Waals surface area contributed by atoms with E-state index in [4.69, 9.17) is 22.1 Å². The van der Waals surface area contributed by atoms with Gasteiger partial charge in [0.15, 0.2) is 10.8 Å². The fraction of sp³-hybridized carbons (Fsp3) is 0.500. The second-order valence-electron chi connectivity index (χ2n) is 4.68. The zero-order valence-corrected chi connectivity index (χ0v) is 12.1. The van der Waals surface area contributed by atoms with Gasteiger partial charge in [-0.25, -0.2) is 4.98 Å². The first kappa shape index (κ1) is 14.5. The van der Waals surface area contributed by atoms with Crippen molar-refractivity contribution >= 4 is 34.7 Å². The number of nitrogen functional groups attached to an aromatic ring is 1. The van der Waals surface area contributed by atoms with Crippen LogP contribution in [0.15, 0.2) is 6.33 Å². The van der Waals surface area contributed by atoms with Crippen molar-refractivity contribution in [3.05, 3.63) is 11.5 Å². The molecule has 20 heavy (non-hydrogen) atoms. The second-order valence-corrected chi connectivity index (χ2v) is 5.04. The van der Waals surface area contributed by atoms with Gasteiger partial charge >= 0.3 is 5.97 Å². The topological polar surface area (TPSA) is 95.9 Å². The van der Waals surface area contributed by atoms with Crippen molar-refractivity contribution in [3.8, 4) is 0 Å². The van der Waals surface area contributed by atoms with E-state index >= 15 is 0 Å². The van der Waals surface area contributed by atoms with Crippen LogP contribution < -0.4 is 5.73 Å². The normalized spacial score (nSPS) is 12.6. The quantitative estimate of drug-likeness (QED) is 0.666. The van der Waals surface area contributed by atoms with Gasteiger partial charge in [-0.15, -0.1) is 0 Å². The first-order valence-electron chi connectivity index (χ1n) is 6.24. The van der Waals surface area contributed by atoms with Gasteiger partial charge in [-0.1, -0.05) is 18.5 Å². The molecule has 0 aromatic carbocycles. The van der Waals surface area contributed by atoms with Crippen LogP contribution in [0.25, 0.3) is 11.2 Å². The molecule has 2 aromatic heterocycles. The molecule has 7 nitrogen and oxygen atoms in total. The van der Waals surface area contributed by atoms with Crippen LogP contribution in [-0.4, -0.2) is 32.1 Å². The molecule has 2 heterocycles. The molecule has 0 aliphatic heterocycles. The van der Waals surface area contributed by atoms with E-state index in [1.54, 1.807) is 6.33 Å². The van der Waals surface area contributed by atoms with Crippen LogP contribution in [0.1, 0.15) is 20.3 Å². The summed E-state index contributed by atoms with van der Waals surface area (Å²) in [6.45, 7) is 4.50. The Morgan fingerprint density at radius 2 is 2.30 bits per heavy atom. The number of nitrogens with zero attached hydrogens (tertiary/aromatic N) is 4. The SMILES string of the molecule is CC(=O)OCC(C)CCn1cnc2c(Cl)nc(N)nc21. The summed E-state index contributed by atoms with van der Waals surface area (Å²) >= 11 is 5.96. The highest BCUT2D eigenvalue weighted by molar-refractivity contribution is 6.33. The number of nitrogens with two attached hydrogens (primary N) is 1. The van der Waals surface area contributed by atoms with E-state index in [2.05, 4.69) is 15.0 Å². The Labute approximate surface area is 121 Å². The maximum Gasteiger partial charge on any atom is 0.302 e. The van der Waals surface area contributed by atoms with Crippen LogP contribution in [0.3, 0.4) is 0 Å². The maximum absolute atomic E-state index is 10.7. The van der Waals surface area contributed by atoms with Gasteiger partial charge in [-0.3, -0.25) is 4.79 Å². The number of aryl methyl sites for hydroxylation is 1. The molecule has 2 aromatic rings. The minimum absolute atomic E-state index is 0.122. The molecule has 0 aliphatic rings. The zero-order chi connectivity index (χ0) is 14.7. The lowest BCUT2D eigenvalue weighted by Crippen LogP contribution is -2.12. The van der Waals surface area contributed by atoms with E-state index in [1.807, 2.05) is 11.5 Å². The fourth-order valence-electron chi connectivity index (χ4n) is 1.79. The second kappa shape index (κ2) is 6.04. The fourth-order valence-corrected chi connectivity index (χ4v) is 2.01. The van der Waals surface area contributed by atoms with Crippen molar-refractivity contribution in [2.45, 2.75) is 26.8 Å². The molecule has 0 bridgehead atoms. The van der Waals surface area contributed by atoms with Crippen LogP contribution in [0.5, 0.6) is 0 Å². The average Bonchev–Trinajstić information content (AvgIpc) is 2.77. The van der Waals surface area contributed by atoms with Crippen LogP contribution in [0.2, 0.25) is 5.15 Å². The Kier molecular flexibility index (Phi) is 4.39. The summed E-state index contributed by atoms with van der Waals surface area (Å²) in [6.07, 6.45) is 2.48. The Morgan fingerprint density at radius 3 is 3.00 bits per heavy atom. The van der Waals surface area contributed by atoms with Crippen molar-refractivity contribution in [2.24, 2.45) is 5.92 Å². The first-order chi connectivity index (χ1) is 9.47. The third-order valence-electron chi connectivity index (χ3n) is 2.87. The Bertz CT molecular complexity index is 628. The molecule has 0 fully saturated rings. The molecule has 2 N–H and O–H groups in total. The van der Waals surface area contributed by atoms with Crippen LogP contribution in [0, 0.1) is 5.92 Å². The summed E-state index contributed by atoms with van der Waals surface area (Å²) in [5.74, 6) is 0.0976. The summed E-state index contributed by atoms with van der Waals surface area (Å²) in [7, 11) is 0. The number of anilines is 1. The van der Waals surface area contributed by atoms with Gasteiger partial charge < -0.3 is 15.0 Å². The molecule has 0 amide bonds. The van der Waals surface area contributed by atoms with Gasteiger partial charge in [0.25, 0.3) is 0 Å². The molecular formula is C12H16ClN5O2. The summed E-state index contributed by atoms with van der Waals surface area (Å²) in [4.78, 5) is 22.9. The van der Waals surface area contributed by atoms with Gasteiger partial charge in [0.1, 0.15) is 5.52 Å². The van der Waals surface area contributed by atoms with Crippen molar-refractivity contribution in [1.29, 1.82) is 0 Å². The van der Waals surface area contributed by atoms with Crippen LogP contribution in [0.4, 0.5) is 5.95 Å². The van der Waals surface area contributed by atoms with E-state index < -0.39 is 0 Å². The van der Waals surface area contributed by atoms with Crippen molar-refractivity contribution in [2.75, 3.05) is 12.3 Å². The summed E-state index contributed by atoms with van der Waals surface area (Å²) in [5.41, 5.74) is 6.73. The number of esters is 1. The van der Waals surface area contributed by atoms with Gasteiger partial charge in [0.2, 0.25) is 5.95 Å². The summed E-state index contributed by atoms with van der Waals surface area (Å²) in [6, 6.07) is 0. The summed E-state index contributed by atoms with van der Waals surface area (Å²) < 4.78 is 6.83. The van der Waals surface area contributed by atoms with Crippen LogP contribution in [-0.2, 0) is 16.1 Å². The number of ether oxygens (including phenoxy) is 1. The Balaban J connectivity index is 2.05. The number of hydrogen-bond acceptors (Lipinski definition) is 6. The average molecular weight is 298 g/mol. The first-order valence-corrected chi connectivity index (χ1v) is 6.62. The molecule has 1 unspecified atom stereocenters. The predicted octanol–water partition coefficient (Wildman–Crippen LogP) is 1.65. The minimum atomic E-state index is -0.266. The van der Waals surface area contributed by atoms with Gasteiger partial charge in [-0.05, 0) is 12.3 Å². The number of halogens is 1. The number of rotatable bonds is 5. The highest BCUT2D eigenvalue weighted by atomic mass is 35.5. The number of aromatic nitrogens is 4.